The van der Waals surface area contributed by atoms with E-state index in [1.165, 1.54) is 39.2 Å². The fraction of sp³-hybridized carbons (Fsp3) is 0.400. The van der Waals surface area contributed by atoms with Crippen LogP contribution in [0.3, 0.4) is 0 Å². The molecule has 3 aromatic rings. The predicted molar refractivity (Wildman–Crippen MR) is 122 cm³/mol. The highest BCUT2D eigenvalue weighted by Gasteiger charge is 2.50. The second-order valence-corrected chi connectivity index (χ2v) is 9.50. The number of anilines is 1. The molecule has 29 heavy (non-hydrogen) atoms. The van der Waals surface area contributed by atoms with Gasteiger partial charge < -0.3 is 4.81 Å². The van der Waals surface area contributed by atoms with Crippen molar-refractivity contribution in [1.82, 2.24) is 4.57 Å². The summed E-state index contributed by atoms with van der Waals surface area (Å²) in [5.74, 6) is 2.34. The molecular weight excluding hydrogens is 353 g/mol. The molecule has 0 aliphatic carbocycles. The van der Waals surface area contributed by atoms with Crippen LogP contribution in [0.25, 0.3) is 11.4 Å². The summed E-state index contributed by atoms with van der Waals surface area (Å²) < 4.78 is 4.96. The number of hydrogen-bond acceptors (Lipinski definition) is 1. The molecule has 3 nitrogen and oxygen atoms in total. The van der Waals surface area contributed by atoms with E-state index >= 15 is 0 Å². The Morgan fingerprint density at radius 2 is 1.55 bits per heavy atom. The topological polar surface area (TPSA) is 12.1 Å². The highest BCUT2D eigenvalue weighted by atomic mass is 15.3. The van der Waals surface area contributed by atoms with E-state index in [1.54, 1.807) is 0 Å². The smallest absolute Gasteiger partial charge is 0.367 e. The van der Waals surface area contributed by atoms with Crippen molar-refractivity contribution in [3.63, 3.8) is 0 Å². The van der Waals surface area contributed by atoms with Gasteiger partial charge in [0.25, 0.3) is 5.82 Å². The van der Waals surface area contributed by atoms with Gasteiger partial charge in [0.05, 0.1) is 5.56 Å². The van der Waals surface area contributed by atoms with Gasteiger partial charge in [0.15, 0.2) is 0 Å². The highest BCUT2D eigenvalue weighted by molar-refractivity contribution is 6.71. The normalized spacial score (nSPS) is 14.5. The van der Waals surface area contributed by atoms with Crippen molar-refractivity contribution < 1.29 is 4.48 Å². The lowest BCUT2D eigenvalue weighted by atomic mass is 9.57. The summed E-state index contributed by atoms with van der Waals surface area (Å²) in [5.41, 5.74) is 8.68. The molecule has 2 aliphatic heterocycles. The quantitative estimate of drug-likeness (QED) is 0.471. The van der Waals surface area contributed by atoms with Gasteiger partial charge >= 0.3 is 6.98 Å². The van der Waals surface area contributed by atoms with E-state index in [-0.39, 0.29) is 6.98 Å². The van der Waals surface area contributed by atoms with Crippen molar-refractivity contribution in [2.45, 2.75) is 66.0 Å². The molecule has 3 heterocycles. The number of nitrogens with zero attached hydrogens (tertiary/aromatic N) is 3. The molecule has 0 unspecified atom stereocenters. The van der Waals surface area contributed by atoms with E-state index in [0.717, 1.165) is 6.54 Å². The maximum atomic E-state index is 2.65. The molecule has 0 fully saturated rings. The van der Waals surface area contributed by atoms with Gasteiger partial charge in [-0.3, -0.25) is 4.48 Å². The zero-order valence-corrected chi connectivity index (χ0v) is 18.5. The van der Waals surface area contributed by atoms with Crippen LogP contribution >= 0.6 is 0 Å². The van der Waals surface area contributed by atoms with Crippen LogP contribution in [0.15, 0.2) is 48.8 Å². The van der Waals surface area contributed by atoms with E-state index in [4.69, 9.17) is 0 Å². The first-order valence-corrected chi connectivity index (χ1v) is 11.0. The van der Waals surface area contributed by atoms with Gasteiger partial charge in [0, 0.05) is 22.8 Å². The minimum Gasteiger partial charge on any atom is -0.367 e. The van der Waals surface area contributed by atoms with Crippen LogP contribution in [-0.2, 0) is 6.54 Å². The molecule has 1 aromatic heterocycles. The zero-order chi connectivity index (χ0) is 20.4. The van der Waals surface area contributed by atoms with Crippen molar-refractivity contribution in [3.8, 4) is 11.4 Å². The van der Waals surface area contributed by atoms with E-state index in [0.29, 0.717) is 17.9 Å². The number of benzene rings is 2. The molecule has 2 aliphatic rings. The summed E-state index contributed by atoms with van der Waals surface area (Å²) >= 11 is 0. The molecule has 0 saturated carbocycles. The van der Waals surface area contributed by atoms with E-state index < -0.39 is 0 Å². The molecule has 148 valence electrons. The first-order valence-electron chi connectivity index (χ1n) is 11.0. The molecule has 0 bridgehead atoms. The maximum absolute atomic E-state index is 2.65. The molecule has 5 rings (SSSR count). The van der Waals surface area contributed by atoms with Gasteiger partial charge in [-0.2, -0.15) is 0 Å². The van der Waals surface area contributed by atoms with Crippen LogP contribution in [0.5, 0.6) is 0 Å². The molecule has 0 amide bonds. The standard InChI is InChI=1S/C25H31BN3/c1-16(2)20-10-8-11-21(17(3)4)24(20)26-28-14-13-27-15-19-9-7-12-22(23(19)25(27)28)29(26)18(5)6/h7-14,16-18H,15H2,1-6H3/q+1. The third kappa shape index (κ3) is 2.54. The molecule has 0 N–H and O–H groups in total. The fourth-order valence-corrected chi connectivity index (χ4v) is 5.43. The summed E-state index contributed by atoms with van der Waals surface area (Å²) in [6, 6.07) is 14.2. The van der Waals surface area contributed by atoms with Crippen LogP contribution in [-0.4, -0.2) is 17.6 Å². The van der Waals surface area contributed by atoms with Gasteiger partial charge in [-0.15, -0.1) is 0 Å². The van der Waals surface area contributed by atoms with Crippen LogP contribution < -0.4 is 14.8 Å². The van der Waals surface area contributed by atoms with Crippen molar-refractivity contribution in [1.29, 1.82) is 0 Å². The average molecular weight is 384 g/mol. The lowest BCUT2D eigenvalue weighted by Gasteiger charge is -2.38. The Morgan fingerprint density at radius 1 is 0.897 bits per heavy atom. The Labute approximate surface area is 175 Å². The van der Waals surface area contributed by atoms with Gasteiger partial charge in [-0.1, -0.05) is 58.0 Å². The number of imidazole rings is 1. The van der Waals surface area contributed by atoms with E-state index in [1.807, 2.05) is 0 Å². The first-order chi connectivity index (χ1) is 13.9. The number of hydrogen-bond donors (Lipinski definition) is 0. The van der Waals surface area contributed by atoms with Crippen LogP contribution in [0.1, 0.15) is 70.1 Å². The summed E-state index contributed by atoms with van der Waals surface area (Å²) in [7, 11) is 0. The monoisotopic (exact) mass is 384 g/mol. The summed E-state index contributed by atoms with van der Waals surface area (Å²) in [6.07, 6.45) is 4.57. The second-order valence-electron chi connectivity index (χ2n) is 9.50. The minimum atomic E-state index is 0.183. The third-order valence-electron chi connectivity index (χ3n) is 6.65. The molecule has 0 radical (unpaired) electrons. The highest BCUT2D eigenvalue weighted by Crippen LogP contribution is 2.41. The van der Waals surface area contributed by atoms with E-state index in [9.17, 15) is 0 Å². The molecule has 2 aromatic carbocycles. The molecule has 0 saturated heterocycles. The van der Waals surface area contributed by atoms with Gasteiger partial charge in [0.2, 0.25) is 0 Å². The van der Waals surface area contributed by atoms with Crippen molar-refractivity contribution >= 4 is 18.1 Å². The summed E-state index contributed by atoms with van der Waals surface area (Å²) in [5, 5.41) is 0. The van der Waals surface area contributed by atoms with Crippen LogP contribution in [0.2, 0.25) is 0 Å². The predicted octanol–water partition coefficient (Wildman–Crippen LogP) is 4.52. The zero-order valence-electron chi connectivity index (χ0n) is 18.5. The van der Waals surface area contributed by atoms with Crippen molar-refractivity contribution in [2.24, 2.45) is 0 Å². The second kappa shape index (κ2) is 6.51. The molecule has 4 heteroatoms. The number of aromatic nitrogens is 2. The minimum absolute atomic E-state index is 0.183. The Balaban J connectivity index is 1.86. The van der Waals surface area contributed by atoms with Crippen molar-refractivity contribution in [2.75, 3.05) is 4.81 Å². The molecule has 0 atom stereocenters. The van der Waals surface area contributed by atoms with Crippen LogP contribution in [0, 0.1) is 0 Å². The third-order valence-corrected chi connectivity index (χ3v) is 6.65. The summed E-state index contributed by atoms with van der Waals surface area (Å²) in [6.45, 7) is 15.1. The lowest BCUT2D eigenvalue weighted by molar-refractivity contribution is -0.523. The largest absolute Gasteiger partial charge is 0.538 e. The Kier molecular flexibility index (Phi) is 4.16. The molecular formula is C25H31BN3+. The maximum Gasteiger partial charge on any atom is 0.538 e. The lowest BCUT2D eigenvalue weighted by Crippen LogP contribution is -2.73. The Bertz CT molecular complexity index is 1070. The fourth-order valence-electron chi connectivity index (χ4n) is 5.43. The Morgan fingerprint density at radius 3 is 2.17 bits per heavy atom. The Hall–Kier alpha value is -2.49. The molecule has 0 spiro atoms. The van der Waals surface area contributed by atoms with Gasteiger partial charge in [0.1, 0.15) is 18.9 Å². The van der Waals surface area contributed by atoms with Gasteiger partial charge in [-0.05, 0) is 42.9 Å². The van der Waals surface area contributed by atoms with Gasteiger partial charge in [-0.25, -0.2) is 4.57 Å². The SMILES string of the molecule is CC(C)c1cccc(C(C)C)c1B1N(C(C)C)c2cccc3c2-c2n(cc[n+]21)C3. The summed E-state index contributed by atoms with van der Waals surface area (Å²) in [4.78, 5) is 2.65. The number of rotatable bonds is 4. The van der Waals surface area contributed by atoms with E-state index in [2.05, 4.69) is 104 Å². The first kappa shape index (κ1) is 18.5. The van der Waals surface area contributed by atoms with Crippen molar-refractivity contribution in [3.05, 3.63) is 65.5 Å². The van der Waals surface area contributed by atoms with Crippen LogP contribution in [0.4, 0.5) is 5.69 Å². The average Bonchev–Trinajstić information content (AvgIpc) is 3.25.